The summed E-state index contributed by atoms with van der Waals surface area (Å²) in [6, 6.07) is 0.178. The van der Waals surface area contributed by atoms with Crippen LogP contribution in [0.1, 0.15) is 39.5 Å². The number of piperidine rings is 1. The molecule has 2 unspecified atom stereocenters. The first-order valence-corrected chi connectivity index (χ1v) is 9.90. The molecule has 0 radical (unpaired) electrons. The minimum absolute atomic E-state index is 0.0215. The van der Waals surface area contributed by atoms with Crippen LogP contribution in [0.25, 0.3) is 0 Å². The Hall–Kier alpha value is -0.620. The van der Waals surface area contributed by atoms with Crippen molar-refractivity contribution in [3.63, 3.8) is 0 Å². The van der Waals surface area contributed by atoms with E-state index in [9.17, 15) is 13.2 Å². The number of amides is 1. The molecule has 0 saturated carbocycles. The van der Waals surface area contributed by atoms with Crippen LogP contribution in [0.15, 0.2) is 0 Å². The zero-order chi connectivity index (χ0) is 15.5. The van der Waals surface area contributed by atoms with Crippen molar-refractivity contribution >= 4 is 15.7 Å². The summed E-state index contributed by atoms with van der Waals surface area (Å²) in [4.78, 5) is 14.5. The average molecular weight is 316 g/mol. The summed E-state index contributed by atoms with van der Waals surface area (Å²) in [5.74, 6) is 1.11. The average Bonchev–Trinajstić information content (AvgIpc) is 2.76. The molecule has 1 amide bonds. The summed E-state index contributed by atoms with van der Waals surface area (Å²) in [6.45, 7) is 6.93. The number of sulfone groups is 1. The predicted molar refractivity (Wildman–Crippen MR) is 83.8 cm³/mol. The molecule has 2 fully saturated rings. The highest BCUT2D eigenvalue weighted by Crippen LogP contribution is 2.23. The summed E-state index contributed by atoms with van der Waals surface area (Å²) in [7, 11) is -2.89. The van der Waals surface area contributed by atoms with Crippen molar-refractivity contribution in [2.75, 3.05) is 31.1 Å². The highest BCUT2D eigenvalue weighted by atomic mass is 32.2. The molecule has 0 spiro atoms. The van der Waals surface area contributed by atoms with E-state index < -0.39 is 9.84 Å². The number of carbonyl (C=O) groups excluding carboxylic acids is 1. The maximum atomic E-state index is 12.5. The molecule has 5 nitrogen and oxygen atoms in total. The third-order valence-electron chi connectivity index (χ3n) is 4.59. The van der Waals surface area contributed by atoms with Crippen LogP contribution in [0.5, 0.6) is 0 Å². The SMILES string of the molecule is CC(C)N(CC1CCCNC1)C(=O)CC1CCS(=O)(=O)C1. The van der Waals surface area contributed by atoms with Crippen molar-refractivity contribution in [3.05, 3.63) is 0 Å². The van der Waals surface area contributed by atoms with Crippen molar-refractivity contribution in [3.8, 4) is 0 Å². The van der Waals surface area contributed by atoms with E-state index in [0.29, 0.717) is 18.8 Å². The first-order chi connectivity index (χ1) is 9.87. The lowest BCUT2D eigenvalue weighted by atomic mass is 9.97. The Labute approximate surface area is 128 Å². The van der Waals surface area contributed by atoms with Gasteiger partial charge in [0.25, 0.3) is 0 Å². The van der Waals surface area contributed by atoms with Gasteiger partial charge in [0, 0.05) is 19.0 Å². The normalized spacial score (nSPS) is 28.7. The van der Waals surface area contributed by atoms with Gasteiger partial charge >= 0.3 is 0 Å². The fraction of sp³-hybridized carbons (Fsp3) is 0.933. The largest absolute Gasteiger partial charge is 0.340 e. The molecule has 2 saturated heterocycles. The van der Waals surface area contributed by atoms with Gasteiger partial charge < -0.3 is 10.2 Å². The number of rotatable bonds is 5. The maximum absolute atomic E-state index is 12.5. The second-order valence-electron chi connectivity index (χ2n) is 6.83. The summed E-state index contributed by atoms with van der Waals surface area (Å²) < 4.78 is 23.0. The van der Waals surface area contributed by atoms with Crippen LogP contribution in [0.2, 0.25) is 0 Å². The molecule has 122 valence electrons. The number of nitrogens with zero attached hydrogens (tertiary/aromatic N) is 1. The molecule has 21 heavy (non-hydrogen) atoms. The van der Waals surface area contributed by atoms with Crippen molar-refractivity contribution in [1.29, 1.82) is 0 Å². The number of nitrogens with one attached hydrogen (secondary N) is 1. The second-order valence-corrected chi connectivity index (χ2v) is 9.05. The van der Waals surface area contributed by atoms with E-state index >= 15 is 0 Å². The highest BCUT2D eigenvalue weighted by Gasteiger charge is 2.31. The van der Waals surface area contributed by atoms with Crippen LogP contribution in [0.4, 0.5) is 0 Å². The molecule has 6 heteroatoms. The predicted octanol–water partition coefficient (Wildman–Crippen LogP) is 1.05. The van der Waals surface area contributed by atoms with Gasteiger partial charge in [0.15, 0.2) is 9.84 Å². The van der Waals surface area contributed by atoms with E-state index in [1.54, 1.807) is 0 Å². The Morgan fingerprint density at radius 1 is 1.29 bits per heavy atom. The maximum Gasteiger partial charge on any atom is 0.223 e. The van der Waals surface area contributed by atoms with Gasteiger partial charge in [-0.2, -0.15) is 0 Å². The Kier molecular flexibility index (Phi) is 5.66. The van der Waals surface area contributed by atoms with Gasteiger partial charge in [-0.3, -0.25) is 4.79 Å². The Balaban J connectivity index is 1.89. The molecule has 0 bridgehead atoms. The lowest BCUT2D eigenvalue weighted by molar-refractivity contribution is -0.134. The molecule has 2 aliphatic rings. The molecule has 2 rings (SSSR count). The van der Waals surface area contributed by atoms with E-state index in [-0.39, 0.29) is 29.4 Å². The Morgan fingerprint density at radius 2 is 2.05 bits per heavy atom. The molecule has 0 aromatic heterocycles. The first-order valence-electron chi connectivity index (χ1n) is 8.08. The molecule has 0 aromatic carbocycles. The quantitative estimate of drug-likeness (QED) is 0.823. The molecule has 2 heterocycles. The van der Waals surface area contributed by atoms with Crippen molar-refractivity contribution < 1.29 is 13.2 Å². The van der Waals surface area contributed by atoms with Gasteiger partial charge in [-0.1, -0.05) is 0 Å². The number of hydrogen-bond acceptors (Lipinski definition) is 4. The Morgan fingerprint density at radius 3 is 2.57 bits per heavy atom. The van der Waals surface area contributed by atoms with E-state index in [2.05, 4.69) is 5.32 Å². The second kappa shape index (κ2) is 7.09. The molecule has 2 aliphatic heterocycles. The van der Waals surface area contributed by atoms with Gasteiger partial charge in [-0.25, -0.2) is 8.42 Å². The van der Waals surface area contributed by atoms with Crippen LogP contribution in [0.3, 0.4) is 0 Å². The van der Waals surface area contributed by atoms with E-state index in [4.69, 9.17) is 0 Å². The summed E-state index contributed by atoms with van der Waals surface area (Å²) in [5.41, 5.74) is 0. The summed E-state index contributed by atoms with van der Waals surface area (Å²) in [5, 5.41) is 3.38. The minimum Gasteiger partial charge on any atom is -0.340 e. The zero-order valence-electron chi connectivity index (χ0n) is 13.2. The van der Waals surface area contributed by atoms with Crippen molar-refractivity contribution in [2.24, 2.45) is 11.8 Å². The first kappa shape index (κ1) is 16.7. The van der Waals surface area contributed by atoms with Gasteiger partial charge in [0.05, 0.1) is 11.5 Å². The zero-order valence-corrected chi connectivity index (χ0v) is 14.0. The standard InChI is InChI=1S/C15H28N2O3S/c1-12(2)17(10-14-4-3-6-16-9-14)15(18)8-13-5-7-21(19,20)11-13/h12-14,16H,3-11H2,1-2H3. The fourth-order valence-corrected chi connectivity index (χ4v) is 5.22. The van der Waals surface area contributed by atoms with Crippen molar-refractivity contribution in [1.82, 2.24) is 10.2 Å². The van der Waals surface area contributed by atoms with Crippen LogP contribution in [-0.2, 0) is 14.6 Å². The van der Waals surface area contributed by atoms with Crippen LogP contribution < -0.4 is 5.32 Å². The molecular formula is C15H28N2O3S. The van der Waals surface area contributed by atoms with E-state index in [1.807, 2.05) is 18.7 Å². The molecular weight excluding hydrogens is 288 g/mol. The van der Waals surface area contributed by atoms with Gasteiger partial charge in [0.2, 0.25) is 5.91 Å². The molecule has 0 aromatic rings. The van der Waals surface area contributed by atoms with Gasteiger partial charge in [-0.15, -0.1) is 0 Å². The third kappa shape index (κ3) is 4.95. The van der Waals surface area contributed by atoms with Crippen LogP contribution in [0, 0.1) is 11.8 Å². The molecule has 2 atom stereocenters. The van der Waals surface area contributed by atoms with E-state index in [1.165, 1.54) is 12.8 Å². The van der Waals surface area contributed by atoms with Gasteiger partial charge in [0.1, 0.15) is 0 Å². The number of hydrogen-bond donors (Lipinski definition) is 1. The fourth-order valence-electron chi connectivity index (χ4n) is 3.36. The lowest BCUT2D eigenvalue weighted by Gasteiger charge is -2.33. The monoisotopic (exact) mass is 316 g/mol. The van der Waals surface area contributed by atoms with Crippen LogP contribution >= 0.6 is 0 Å². The molecule has 1 N–H and O–H groups in total. The summed E-state index contributed by atoms with van der Waals surface area (Å²) >= 11 is 0. The summed E-state index contributed by atoms with van der Waals surface area (Å²) in [6.07, 6.45) is 3.37. The molecule has 0 aliphatic carbocycles. The third-order valence-corrected chi connectivity index (χ3v) is 6.42. The Bertz CT molecular complexity index is 456. The topological polar surface area (TPSA) is 66.5 Å². The highest BCUT2D eigenvalue weighted by molar-refractivity contribution is 7.91. The van der Waals surface area contributed by atoms with E-state index in [0.717, 1.165) is 19.6 Å². The smallest absolute Gasteiger partial charge is 0.223 e. The van der Waals surface area contributed by atoms with Crippen molar-refractivity contribution in [2.45, 2.75) is 45.6 Å². The number of carbonyl (C=O) groups is 1. The minimum atomic E-state index is -2.89. The lowest BCUT2D eigenvalue weighted by Crippen LogP contribution is -2.44. The van der Waals surface area contributed by atoms with Gasteiger partial charge in [-0.05, 0) is 58.0 Å². The van der Waals surface area contributed by atoms with Crippen LogP contribution in [-0.4, -0.2) is 56.4 Å².